The molecule has 168 valence electrons. The fraction of sp³-hybridized carbons (Fsp3) is 0.0500. The van der Waals surface area contributed by atoms with Crippen molar-refractivity contribution in [2.24, 2.45) is 0 Å². The molecular weight excluding hydrogens is 526 g/mol. The molecule has 3 rings (SSSR count). The smallest absolute Gasteiger partial charge is 0.495 e. The molecule has 33 heavy (non-hydrogen) atoms. The van der Waals surface area contributed by atoms with Gasteiger partial charge in [0.1, 0.15) is 22.1 Å². The summed E-state index contributed by atoms with van der Waals surface area (Å²) in [5.74, 6) is 0.607. The van der Waals surface area contributed by atoms with Gasteiger partial charge in [0.05, 0.1) is 17.2 Å². The third-order valence-corrected chi connectivity index (χ3v) is 5.93. The minimum Gasteiger partial charge on any atom is -0.495 e. The van der Waals surface area contributed by atoms with Gasteiger partial charge in [-0.2, -0.15) is 8.42 Å². The number of carbonyl (C=O) groups is 1. The number of ether oxygens (including phenoxy) is 2. The molecule has 0 aliphatic rings. The standard InChI is InChI=1S/C20H15Cl3N2O6S.Na/c1-30-16-8-4-12(10-15(16)23)24-20(26)25-18-17(31-13-5-2-11(21)3-6-13)9-7-14(22)19(18)32(27,28)29;/h2-10H,1H3,(H2,24,25,26)(H,27,28,29);/q;+1. The zero-order valence-electron chi connectivity index (χ0n) is 17.2. The fourth-order valence-electron chi connectivity index (χ4n) is 2.64. The summed E-state index contributed by atoms with van der Waals surface area (Å²) < 4.78 is 44.4. The van der Waals surface area contributed by atoms with Crippen molar-refractivity contribution in [2.45, 2.75) is 4.90 Å². The molecule has 0 unspecified atom stereocenters. The number of amides is 2. The molecule has 3 aromatic carbocycles. The molecule has 13 heteroatoms. The second kappa shape index (κ2) is 11.6. The summed E-state index contributed by atoms with van der Waals surface area (Å²) in [5, 5.41) is 5.24. The summed E-state index contributed by atoms with van der Waals surface area (Å²) >= 11 is 17.9. The topological polar surface area (TPSA) is 114 Å². The van der Waals surface area contributed by atoms with Crippen LogP contribution in [0.3, 0.4) is 0 Å². The van der Waals surface area contributed by atoms with Crippen LogP contribution in [0.1, 0.15) is 0 Å². The van der Waals surface area contributed by atoms with Gasteiger partial charge < -0.3 is 20.1 Å². The number of hydrogen-bond donors (Lipinski definition) is 3. The molecule has 0 saturated heterocycles. The average Bonchev–Trinajstić information content (AvgIpc) is 2.70. The summed E-state index contributed by atoms with van der Waals surface area (Å²) in [6, 6.07) is 12.4. The van der Waals surface area contributed by atoms with E-state index in [4.69, 9.17) is 44.3 Å². The van der Waals surface area contributed by atoms with Crippen LogP contribution in [0.25, 0.3) is 0 Å². The maximum Gasteiger partial charge on any atom is 1.00 e. The Kier molecular flexibility index (Phi) is 9.71. The number of anilines is 2. The first-order chi connectivity index (χ1) is 15.1. The van der Waals surface area contributed by atoms with Crippen LogP contribution in [-0.4, -0.2) is 26.1 Å². The van der Waals surface area contributed by atoms with Crippen molar-refractivity contribution in [1.29, 1.82) is 0 Å². The summed E-state index contributed by atoms with van der Waals surface area (Å²) in [4.78, 5) is 11.9. The van der Waals surface area contributed by atoms with Crippen LogP contribution in [0.4, 0.5) is 16.2 Å². The first-order valence-electron chi connectivity index (χ1n) is 8.73. The van der Waals surface area contributed by atoms with Gasteiger partial charge in [-0.05, 0) is 54.6 Å². The molecule has 3 aromatic rings. The number of methoxy groups -OCH3 is 1. The third-order valence-electron chi connectivity index (χ3n) is 4.02. The van der Waals surface area contributed by atoms with Crippen molar-refractivity contribution >= 4 is 62.3 Å². The molecule has 0 spiro atoms. The van der Waals surface area contributed by atoms with E-state index in [0.717, 1.165) is 0 Å². The molecule has 0 radical (unpaired) electrons. The Balaban J connectivity index is 0.00000385. The molecule has 0 aliphatic carbocycles. The Morgan fingerprint density at radius 1 is 0.909 bits per heavy atom. The van der Waals surface area contributed by atoms with E-state index < -0.39 is 21.0 Å². The average molecular weight is 541 g/mol. The molecule has 0 aromatic heterocycles. The van der Waals surface area contributed by atoms with Crippen LogP contribution < -0.4 is 49.7 Å². The number of urea groups is 1. The third kappa shape index (κ3) is 7.14. The largest absolute Gasteiger partial charge is 1.00 e. The van der Waals surface area contributed by atoms with Gasteiger partial charge in [0.25, 0.3) is 10.1 Å². The zero-order chi connectivity index (χ0) is 23.5. The SMILES string of the molecule is COc1ccc(NC(=O)Nc2c(Oc3ccc(Cl)cc3)ccc(Cl)c2S(=O)(=O)O)cc1Cl.[Na+]. The molecule has 0 bridgehead atoms. The molecule has 0 fully saturated rings. The van der Waals surface area contributed by atoms with Crippen molar-refractivity contribution in [3.05, 3.63) is 69.7 Å². The van der Waals surface area contributed by atoms with E-state index in [1.807, 2.05) is 0 Å². The Morgan fingerprint density at radius 2 is 1.55 bits per heavy atom. The molecule has 0 heterocycles. The van der Waals surface area contributed by atoms with E-state index in [1.54, 1.807) is 12.1 Å². The van der Waals surface area contributed by atoms with Gasteiger partial charge in [-0.25, -0.2) is 4.79 Å². The number of rotatable bonds is 6. The van der Waals surface area contributed by atoms with E-state index in [0.29, 0.717) is 22.2 Å². The van der Waals surface area contributed by atoms with Crippen LogP contribution in [0.2, 0.25) is 15.1 Å². The van der Waals surface area contributed by atoms with E-state index in [9.17, 15) is 17.8 Å². The van der Waals surface area contributed by atoms with E-state index in [1.165, 1.54) is 49.6 Å². The van der Waals surface area contributed by atoms with Gasteiger partial charge in [0.2, 0.25) is 0 Å². The molecule has 0 saturated carbocycles. The first-order valence-corrected chi connectivity index (χ1v) is 11.3. The zero-order valence-corrected chi connectivity index (χ0v) is 22.3. The number of nitrogens with one attached hydrogen (secondary N) is 2. The molecule has 8 nitrogen and oxygen atoms in total. The van der Waals surface area contributed by atoms with Crippen LogP contribution in [0.15, 0.2) is 59.5 Å². The monoisotopic (exact) mass is 539 g/mol. The van der Waals surface area contributed by atoms with E-state index in [-0.39, 0.29) is 51.0 Å². The van der Waals surface area contributed by atoms with Crippen LogP contribution >= 0.6 is 34.8 Å². The quantitative estimate of drug-likeness (QED) is 0.326. The predicted molar refractivity (Wildman–Crippen MR) is 123 cm³/mol. The van der Waals surface area contributed by atoms with Crippen LogP contribution in [0.5, 0.6) is 17.2 Å². The van der Waals surface area contributed by atoms with Gasteiger partial charge in [-0.3, -0.25) is 4.55 Å². The minimum absolute atomic E-state index is 0. The molecule has 3 N–H and O–H groups in total. The molecular formula is C20H15Cl3N2NaO6S+. The second-order valence-electron chi connectivity index (χ2n) is 6.21. The van der Waals surface area contributed by atoms with Gasteiger partial charge in [-0.1, -0.05) is 34.8 Å². The molecule has 2 amide bonds. The second-order valence-corrected chi connectivity index (χ2v) is 8.82. The van der Waals surface area contributed by atoms with Crippen molar-refractivity contribution in [1.82, 2.24) is 0 Å². The summed E-state index contributed by atoms with van der Waals surface area (Å²) in [5.41, 5.74) is -0.0732. The van der Waals surface area contributed by atoms with Crippen molar-refractivity contribution in [2.75, 3.05) is 17.7 Å². The van der Waals surface area contributed by atoms with Crippen LogP contribution in [-0.2, 0) is 10.1 Å². The normalized spacial score (nSPS) is 10.7. The van der Waals surface area contributed by atoms with Gasteiger partial charge in [0.15, 0.2) is 5.75 Å². The first kappa shape index (κ1) is 27.6. The number of benzene rings is 3. The van der Waals surface area contributed by atoms with Crippen LogP contribution in [0, 0.1) is 0 Å². The number of carbonyl (C=O) groups excluding carboxylic acids is 1. The minimum atomic E-state index is -4.83. The van der Waals surface area contributed by atoms with Gasteiger partial charge in [0, 0.05) is 10.7 Å². The Bertz CT molecular complexity index is 1270. The maximum absolute atomic E-state index is 12.6. The Labute approximate surface area is 227 Å². The Hall–Kier alpha value is -1.69. The summed E-state index contributed by atoms with van der Waals surface area (Å²) in [6.45, 7) is 0. The van der Waals surface area contributed by atoms with Gasteiger partial charge >= 0.3 is 35.6 Å². The summed E-state index contributed by atoms with van der Waals surface area (Å²) in [7, 11) is -3.39. The van der Waals surface area contributed by atoms with Crippen molar-refractivity contribution in [3.63, 3.8) is 0 Å². The van der Waals surface area contributed by atoms with E-state index >= 15 is 0 Å². The van der Waals surface area contributed by atoms with E-state index in [2.05, 4.69) is 10.6 Å². The summed E-state index contributed by atoms with van der Waals surface area (Å²) in [6.07, 6.45) is 0. The number of halogens is 3. The maximum atomic E-state index is 12.6. The molecule has 0 atom stereocenters. The molecule has 0 aliphatic heterocycles. The van der Waals surface area contributed by atoms with Crippen molar-refractivity contribution in [3.8, 4) is 17.2 Å². The van der Waals surface area contributed by atoms with Gasteiger partial charge in [-0.15, -0.1) is 0 Å². The number of hydrogen-bond acceptors (Lipinski definition) is 5. The predicted octanol–water partition coefficient (Wildman–Crippen LogP) is 3.34. The van der Waals surface area contributed by atoms with Crippen molar-refractivity contribution < 1.29 is 56.8 Å². The fourth-order valence-corrected chi connectivity index (χ4v) is 4.20. The Morgan fingerprint density at radius 3 is 2.12 bits per heavy atom.